The first-order valence-corrected chi connectivity index (χ1v) is 2.79. The Morgan fingerprint density at radius 3 is 1.82 bits per heavy atom. The molecule has 0 atom stereocenters. The van der Waals surface area contributed by atoms with E-state index in [0.29, 0.717) is 0 Å². The van der Waals surface area contributed by atoms with Gasteiger partial charge in [-0.25, -0.2) is 4.79 Å². The van der Waals surface area contributed by atoms with E-state index in [2.05, 4.69) is 4.74 Å². The zero-order valence-electron chi connectivity index (χ0n) is 6.88. The number of aliphatic hydroxyl groups is 1. The van der Waals surface area contributed by atoms with Crippen LogP contribution in [0, 0.1) is 0 Å². The quantitative estimate of drug-likeness (QED) is 0.372. The van der Waals surface area contributed by atoms with Crippen molar-refractivity contribution in [3.05, 3.63) is 0 Å². The largest absolute Gasteiger partial charge is 0.391 e. The number of hydrogen-bond acceptors (Lipinski definition) is 4. The molecule has 0 fully saturated rings. The van der Waals surface area contributed by atoms with Crippen LogP contribution in [0.2, 0.25) is 0 Å². The van der Waals surface area contributed by atoms with Crippen molar-refractivity contribution < 1.29 is 38.9 Å². The minimum absolute atomic E-state index is 0. The average Bonchev–Trinajstić information content (AvgIpc) is 1.60. The summed E-state index contributed by atoms with van der Waals surface area (Å²) in [6.45, 7) is 3.60. The Kier molecular flexibility index (Phi) is 5.54. The molecule has 0 aromatic rings. The standard InChI is InChI=1S/C6H10O4.Zn/c1-4(7)10-5(8)6(2,3)9;/h9H,1-3H3;. The Morgan fingerprint density at radius 1 is 1.36 bits per heavy atom. The molecule has 5 heteroatoms. The number of ether oxygens (including phenoxy) is 1. The monoisotopic (exact) mass is 210 g/mol. The second-order valence-electron chi connectivity index (χ2n) is 2.44. The van der Waals surface area contributed by atoms with Gasteiger partial charge in [0.1, 0.15) is 0 Å². The summed E-state index contributed by atoms with van der Waals surface area (Å²) in [7, 11) is 0. The minimum atomic E-state index is -1.59. The van der Waals surface area contributed by atoms with Gasteiger partial charge in [-0.2, -0.15) is 0 Å². The van der Waals surface area contributed by atoms with E-state index in [0.717, 1.165) is 6.92 Å². The summed E-state index contributed by atoms with van der Waals surface area (Å²) in [5, 5.41) is 8.91. The molecule has 0 amide bonds. The number of hydrogen-bond donors (Lipinski definition) is 1. The first-order valence-electron chi connectivity index (χ1n) is 2.79. The molecule has 0 aliphatic heterocycles. The SMILES string of the molecule is CC(=O)OC(=O)C(C)(C)O.[Zn]. The maximum atomic E-state index is 10.6. The fraction of sp³-hybridized carbons (Fsp3) is 0.667. The third-order valence-electron chi connectivity index (χ3n) is 0.736. The summed E-state index contributed by atoms with van der Waals surface area (Å²) in [5.74, 6) is -1.65. The molecule has 60 valence electrons. The van der Waals surface area contributed by atoms with Crippen LogP contribution in [0.5, 0.6) is 0 Å². The van der Waals surface area contributed by atoms with Crippen LogP contribution in [0.4, 0.5) is 0 Å². The van der Waals surface area contributed by atoms with Crippen LogP contribution in [-0.2, 0) is 33.8 Å². The number of carbonyl (C=O) groups excluding carboxylic acids is 2. The van der Waals surface area contributed by atoms with Gasteiger partial charge in [0, 0.05) is 26.4 Å². The van der Waals surface area contributed by atoms with Crippen molar-refractivity contribution >= 4 is 11.9 Å². The fourth-order valence-electron chi connectivity index (χ4n) is 0.255. The van der Waals surface area contributed by atoms with E-state index >= 15 is 0 Å². The van der Waals surface area contributed by atoms with E-state index in [9.17, 15) is 9.59 Å². The summed E-state index contributed by atoms with van der Waals surface area (Å²) in [5.41, 5.74) is -1.59. The number of esters is 2. The molecule has 0 aromatic heterocycles. The normalized spacial score (nSPS) is 9.82. The molecule has 0 radical (unpaired) electrons. The summed E-state index contributed by atoms with van der Waals surface area (Å²) in [4.78, 5) is 20.7. The number of carbonyl (C=O) groups is 2. The van der Waals surface area contributed by atoms with Crippen molar-refractivity contribution in [1.29, 1.82) is 0 Å². The van der Waals surface area contributed by atoms with Crippen molar-refractivity contribution in [2.24, 2.45) is 0 Å². The van der Waals surface area contributed by atoms with Crippen LogP contribution in [0.1, 0.15) is 20.8 Å². The van der Waals surface area contributed by atoms with Crippen molar-refractivity contribution in [2.45, 2.75) is 26.4 Å². The molecule has 0 unspecified atom stereocenters. The molecule has 4 nitrogen and oxygen atoms in total. The van der Waals surface area contributed by atoms with Gasteiger partial charge in [-0.15, -0.1) is 0 Å². The maximum Gasteiger partial charge on any atom is 0.345 e. The first-order chi connectivity index (χ1) is 4.34. The zero-order chi connectivity index (χ0) is 8.36. The predicted molar refractivity (Wildman–Crippen MR) is 33.1 cm³/mol. The molecule has 0 aliphatic carbocycles. The first kappa shape index (κ1) is 13.3. The molecule has 0 saturated heterocycles. The molecular formula is C6H10O4Zn. The Bertz CT molecular complexity index is 158. The molecule has 0 aliphatic rings. The maximum absolute atomic E-state index is 10.6. The second-order valence-corrected chi connectivity index (χ2v) is 2.44. The van der Waals surface area contributed by atoms with Crippen molar-refractivity contribution in [3.8, 4) is 0 Å². The molecule has 0 bridgehead atoms. The van der Waals surface area contributed by atoms with Gasteiger partial charge in [0.2, 0.25) is 0 Å². The number of rotatable bonds is 1. The second kappa shape index (κ2) is 4.57. The van der Waals surface area contributed by atoms with Crippen LogP contribution >= 0.6 is 0 Å². The summed E-state index contributed by atoms with van der Waals surface area (Å²) in [6, 6.07) is 0. The molecule has 0 spiro atoms. The summed E-state index contributed by atoms with van der Waals surface area (Å²) >= 11 is 0. The predicted octanol–water partition coefficient (Wildman–Crippen LogP) is -0.156. The fourth-order valence-corrected chi connectivity index (χ4v) is 0.255. The topological polar surface area (TPSA) is 63.6 Å². The summed E-state index contributed by atoms with van der Waals surface area (Å²) in [6.07, 6.45) is 0. The van der Waals surface area contributed by atoms with Gasteiger partial charge in [0.25, 0.3) is 0 Å². The Labute approximate surface area is 77.7 Å². The van der Waals surface area contributed by atoms with Gasteiger partial charge >= 0.3 is 11.9 Å². The van der Waals surface area contributed by atoms with Gasteiger partial charge in [0.05, 0.1) is 0 Å². The van der Waals surface area contributed by atoms with Crippen molar-refractivity contribution in [1.82, 2.24) is 0 Å². The zero-order valence-corrected chi connectivity index (χ0v) is 9.85. The van der Waals surface area contributed by atoms with Gasteiger partial charge in [-0.1, -0.05) is 0 Å². The Hall–Kier alpha value is -0.277. The van der Waals surface area contributed by atoms with Crippen LogP contribution in [0.3, 0.4) is 0 Å². The van der Waals surface area contributed by atoms with E-state index in [4.69, 9.17) is 5.11 Å². The molecule has 11 heavy (non-hydrogen) atoms. The third kappa shape index (κ3) is 6.13. The van der Waals surface area contributed by atoms with Crippen molar-refractivity contribution in [2.75, 3.05) is 0 Å². The Morgan fingerprint density at radius 2 is 1.73 bits per heavy atom. The van der Waals surface area contributed by atoms with Gasteiger partial charge in [0.15, 0.2) is 5.60 Å². The van der Waals surface area contributed by atoms with Crippen LogP contribution in [0.15, 0.2) is 0 Å². The molecule has 0 saturated carbocycles. The third-order valence-corrected chi connectivity index (χ3v) is 0.736. The smallest absolute Gasteiger partial charge is 0.345 e. The van der Waals surface area contributed by atoms with Gasteiger partial charge in [-0.05, 0) is 13.8 Å². The minimum Gasteiger partial charge on any atom is -0.391 e. The van der Waals surface area contributed by atoms with Gasteiger partial charge < -0.3 is 9.84 Å². The van der Waals surface area contributed by atoms with E-state index in [1.54, 1.807) is 0 Å². The molecule has 0 aromatic carbocycles. The van der Waals surface area contributed by atoms with E-state index in [-0.39, 0.29) is 19.5 Å². The van der Waals surface area contributed by atoms with E-state index in [1.807, 2.05) is 0 Å². The van der Waals surface area contributed by atoms with E-state index < -0.39 is 17.5 Å². The summed E-state index contributed by atoms with van der Waals surface area (Å²) < 4.78 is 4.09. The molecule has 1 N–H and O–H groups in total. The van der Waals surface area contributed by atoms with E-state index in [1.165, 1.54) is 13.8 Å². The molecule has 0 heterocycles. The van der Waals surface area contributed by atoms with Crippen LogP contribution < -0.4 is 0 Å². The molecular weight excluding hydrogens is 201 g/mol. The average molecular weight is 212 g/mol. The van der Waals surface area contributed by atoms with Gasteiger partial charge in [-0.3, -0.25) is 4.79 Å². The van der Waals surface area contributed by atoms with Crippen LogP contribution in [-0.4, -0.2) is 22.6 Å². The van der Waals surface area contributed by atoms with Crippen LogP contribution in [0.25, 0.3) is 0 Å². The molecule has 0 rings (SSSR count). The van der Waals surface area contributed by atoms with Crippen molar-refractivity contribution in [3.63, 3.8) is 0 Å². The Balaban J connectivity index is 0.